The highest BCUT2D eigenvalue weighted by atomic mass is 28.4. The summed E-state index contributed by atoms with van der Waals surface area (Å²) in [6.07, 6.45) is 1.81. The molecule has 0 aliphatic carbocycles. The number of nitrogens with one attached hydrogen (secondary N) is 1. The van der Waals surface area contributed by atoms with Gasteiger partial charge in [0, 0.05) is 60.3 Å². The highest BCUT2D eigenvalue weighted by Gasteiger charge is 2.39. The lowest BCUT2D eigenvalue weighted by Gasteiger charge is -2.31. The molecule has 0 radical (unpaired) electrons. The summed E-state index contributed by atoms with van der Waals surface area (Å²) in [4.78, 5) is 0. The van der Waals surface area contributed by atoms with E-state index in [2.05, 4.69) is 5.32 Å². The van der Waals surface area contributed by atoms with Gasteiger partial charge in [-0.2, -0.15) is 0 Å². The Bertz CT molecular complexity index is 289. The molecule has 2 atom stereocenters. The van der Waals surface area contributed by atoms with Crippen molar-refractivity contribution >= 4 is 17.6 Å². The second kappa shape index (κ2) is 14.3. The molecule has 0 spiro atoms. The second-order valence-electron chi connectivity index (χ2n) is 5.68. The van der Waals surface area contributed by atoms with Crippen LogP contribution in [-0.4, -0.2) is 84.4 Å². The Kier molecular flexibility index (Phi) is 14.4. The standard InChI is InChI=1S/C14H37N3O5Si2/c1-18-14(19-2)23(11-6-9-17-10-8-15)13(16)7-12-24(20-3,21-4)22-5/h13-14,17,23H,6-12,15-16H2,1-5H3. The molecule has 10 heteroatoms. The van der Waals surface area contributed by atoms with E-state index in [4.69, 9.17) is 34.2 Å². The van der Waals surface area contributed by atoms with Crippen LogP contribution in [0.2, 0.25) is 12.1 Å². The van der Waals surface area contributed by atoms with E-state index in [1.807, 2.05) is 0 Å². The molecule has 0 rings (SSSR count). The van der Waals surface area contributed by atoms with Gasteiger partial charge in [0.2, 0.25) is 0 Å². The third-order valence-electron chi connectivity index (χ3n) is 4.29. The van der Waals surface area contributed by atoms with Crippen LogP contribution in [0.1, 0.15) is 12.8 Å². The Balaban J connectivity index is 4.63. The summed E-state index contributed by atoms with van der Waals surface area (Å²) in [5, 5.41) is 3.31. The number of hydrogen-bond acceptors (Lipinski definition) is 8. The normalized spacial score (nSPS) is 15.0. The highest BCUT2D eigenvalue weighted by molar-refractivity contribution is 6.63. The molecule has 146 valence electrons. The van der Waals surface area contributed by atoms with Crippen LogP contribution in [-0.2, 0) is 22.8 Å². The molecule has 0 aliphatic rings. The summed E-state index contributed by atoms with van der Waals surface area (Å²) in [6, 6.07) is 1.72. The monoisotopic (exact) mass is 383 g/mol. The molecule has 0 saturated heterocycles. The Morgan fingerprint density at radius 1 is 1.00 bits per heavy atom. The summed E-state index contributed by atoms with van der Waals surface area (Å²) in [5.74, 6) is -0.196. The fraction of sp³-hybridized carbons (Fsp3) is 1.00. The Labute approximate surface area is 149 Å². The minimum atomic E-state index is -2.60. The average Bonchev–Trinajstić information content (AvgIpc) is 2.62. The van der Waals surface area contributed by atoms with E-state index in [9.17, 15) is 0 Å². The topological polar surface area (TPSA) is 110 Å². The molecular weight excluding hydrogens is 346 g/mol. The van der Waals surface area contributed by atoms with E-state index >= 15 is 0 Å². The lowest BCUT2D eigenvalue weighted by atomic mass is 10.4. The van der Waals surface area contributed by atoms with Crippen molar-refractivity contribution in [1.82, 2.24) is 5.32 Å². The molecule has 0 aliphatic heterocycles. The Morgan fingerprint density at radius 2 is 1.58 bits per heavy atom. The SMILES string of the molecule is COC(OC)[SiH](CCCNCCN)C(N)CC[Si](OC)(OC)OC. The molecule has 0 aromatic heterocycles. The van der Waals surface area contributed by atoms with Gasteiger partial charge in [-0.15, -0.1) is 0 Å². The molecule has 0 saturated carbocycles. The van der Waals surface area contributed by atoms with Crippen molar-refractivity contribution in [2.24, 2.45) is 11.5 Å². The zero-order valence-corrected chi connectivity index (χ0v) is 18.0. The number of ether oxygens (including phenoxy) is 2. The number of nitrogens with two attached hydrogens (primary N) is 2. The molecule has 0 fully saturated rings. The lowest BCUT2D eigenvalue weighted by Crippen LogP contribution is -2.51. The quantitative estimate of drug-likeness (QED) is 0.185. The summed E-state index contributed by atoms with van der Waals surface area (Å²) in [6.45, 7) is 2.41. The van der Waals surface area contributed by atoms with Crippen molar-refractivity contribution in [3.63, 3.8) is 0 Å². The van der Waals surface area contributed by atoms with Crippen molar-refractivity contribution in [3.05, 3.63) is 0 Å². The number of hydrogen-bond donors (Lipinski definition) is 3. The van der Waals surface area contributed by atoms with Crippen LogP contribution in [0.5, 0.6) is 0 Å². The zero-order chi connectivity index (χ0) is 18.4. The van der Waals surface area contributed by atoms with Crippen LogP contribution in [0.25, 0.3) is 0 Å². The van der Waals surface area contributed by atoms with Gasteiger partial charge in [-0.25, -0.2) is 0 Å². The first-order valence-electron chi connectivity index (χ1n) is 8.41. The smallest absolute Gasteiger partial charge is 0.377 e. The molecule has 5 N–H and O–H groups in total. The second-order valence-corrected chi connectivity index (χ2v) is 12.1. The van der Waals surface area contributed by atoms with Crippen LogP contribution in [0.4, 0.5) is 0 Å². The van der Waals surface area contributed by atoms with Gasteiger partial charge in [-0.1, -0.05) is 6.04 Å². The average molecular weight is 384 g/mol. The first-order chi connectivity index (χ1) is 11.5. The molecule has 0 aromatic rings. The summed E-state index contributed by atoms with van der Waals surface area (Å²) in [7, 11) is 4.11. The maximum absolute atomic E-state index is 6.50. The summed E-state index contributed by atoms with van der Waals surface area (Å²) >= 11 is 0. The van der Waals surface area contributed by atoms with Crippen molar-refractivity contribution in [2.75, 3.05) is 55.2 Å². The maximum atomic E-state index is 6.50. The molecule has 24 heavy (non-hydrogen) atoms. The first-order valence-corrected chi connectivity index (χ1v) is 12.5. The molecule has 8 nitrogen and oxygen atoms in total. The van der Waals surface area contributed by atoms with E-state index in [0.29, 0.717) is 12.6 Å². The van der Waals surface area contributed by atoms with E-state index < -0.39 is 17.6 Å². The van der Waals surface area contributed by atoms with Crippen LogP contribution >= 0.6 is 0 Å². The molecule has 0 bridgehead atoms. The predicted molar refractivity (Wildman–Crippen MR) is 100 cm³/mol. The Morgan fingerprint density at radius 3 is 2.04 bits per heavy atom. The molecular formula is C14H37N3O5Si2. The lowest BCUT2D eigenvalue weighted by molar-refractivity contribution is -0.0484. The van der Waals surface area contributed by atoms with Gasteiger partial charge in [0.25, 0.3) is 0 Å². The largest absolute Gasteiger partial charge is 0.500 e. The van der Waals surface area contributed by atoms with Gasteiger partial charge >= 0.3 is 8.80 Å². The fourth-order valence-corrected chi connectivity index (χ4v) is 8.01. The van der Waals surface area contributed by atoms with Gasteiger partial charge in [-0.3, -0.25) is 0 Å². The van der Waals surface area contributed by atoms with E-state index in [-0.39, 0.29) is 11.6 Å². The molecule has 0 heterocycles. The minimum Gasteiger partial charge on any atom is -0.377 e. The maximum Gasteiger partial charge on any atom is 0.500 e. The Hall–Kier alpha value is 0.114. The van der Waals surface area contributed by atoms with Gasteiger partial charge in [-0.05, 0) is 19.4 Å². The fourth-order valence-electron chi connectivity index (χ4n) is 2.80. The minimum absolute atomic E-state index is 0.0386. The van der Waals surface area contributed by atoms with Crippen LogP contribution in [0, 0.1) is 0 Å². The van der Waals surface area contributed by atoms with Gasteiger partial charge in [0.15, 0.2) is 0 Å². The van der Waals surface area contributed by atoms with E-state index in [1.165, 1.54) is 0 Å². The van der Waals surface area contributed by atoms with Crippen molar-refractivity contribution in [2.45, 2.75) is 36.5 Å². The van der Waals surface area contributed by atoms with Crippen LogP contribution in [0.15, 0.2) is 0 Å². The van der Waals surface area contributed by atoms with Crippen molar-refractivity contribution in [3.8, 4) is 0 Å². The third kappa shape index (κ3) is 8.47. The summed E-state index contributed by atoms with van der Waals surface area (Å²) in [5.41, 5.74) is 12.0. The third-order valence-corrected chi connectivity index (χ3v) is 10.8. The summed E-state index contributed by atoms with van der Waals surface area (Å²) < 4.78 is 27.4. The molecule has 0 amide bonds. The highest BCUT2D eigenvalue weighted by Crippen LogP contribution is 2.19. The predicted octanol–water partition coefficient (Wildman–Crippen LogP) is -0.555. The van der Waals surface area contributed by atoms with E-state index in [0.717, 1.165) is 32.0 Å². The number of rotatable bonds is 16. The zero-order valence-electron chi connectivity index (χ0n) is 15.9. The number of methoxy groups -OCH3 is 2. The van der Waals surface area contributed by atoms with Crippen molar-refractivity contribution in [1.29, 1.82) is 0 Å². The van der Waals surface area contributed by atoms with Gasteiger partial charge < -0.3 is 39.5 Å². The van der Waals surface area contributed by atoms with Gasteiger partial charge in [0.05, 0.1) is 0 Å². The van der Waals surface area contributed by atoms with Crippen molar-refractivity contribution < 1.29 is 22.8 Å². The van der Waals surface area contributed by atoms with Gasteiger partial charge in [0.1, 0.15) is 14.7 Å². The van der Waals surface area contributed by atoms with Crippen LogP contribution < -0.4 is 16.8 Å². The molecule has 0 aromatic carbocycles. The first kappa shape index (κ1) is 24.1. The van der Waals surface area contributed by atoms with Crippen LogP contribution in [0.3, 0.4) is 0 Å². The van der Waals surface area contributed by atoms with E-state index in [1.54, 1.807) is 35.5 Å². The molecule has 2 unspecified atom stereocenters.